The molecule has 0 N–H and O–H groups in total. The van der Waals surface area contributed by atoms with E-state index in [4.69, 9.17) is 4.74 Å². The Morgan fingerprint density at radius 3 is 2.23 bits per heavy atom. The summed E-state index contributed by atoms with van der Waals surface area (Å²) in [4.78, 5) is 0. The van der Waals surface area contributed by atoms with Crippen LogP contribution in [-0.4, -0.2) is 13.5 Å². The van der Waals surface area contributed by atoms with E-state index >= 15 is 0 Å². The molecule has 2 aromatic carbocycles. The van der Waals surface area contributed by atoms with Gasteiger partial charge < -0.3 is 9.47 Å². The van der Waals surface area contributed by atoms with Gasteiger partial charge in [-0.1, -0.05) is 24.3 Å². The lowest BCUT2D eigenvalue weighted by Gasteiger charge is -2.15. The summed E-state index contributed by atoms with van der Waals surface area (Å²) in [6.07, 6.45) is -7.68. The van der Waals surface area contributed by atoms with E-state index in [1.54, 1.807) is 0 Å². The van der Waals surface area contributed by atoms with E-state index in [0.29, 0.717) is 0 Å². The second-order valence-corrected chi connectivity index (χ2v) is 4.30. The molecule has 0 radical (unpaired) electrons. The maximum absolute atomic E-state index is 13.0. The number of rotatable bonds is 4. The first-order valence-corrected chi connectivity index (χ1v) is 6.13. The molecular formula is C15H11F5O2. The second-order valence-electron chi connectivity index (χ2n) is 4.30. The van der Waals surface area contributed by atoms with Crippen molar-refractivity contribution in [2.75, 3.05) is 7.11 Å². The van der Waals surface area contributed by atoms with Gasteiger partial charge in [-0.05, 0) is 23.8 Å². The molecule has 0 unspecified atom stereocenters. The van der Waals surface area contributed by atoms with Crippen molar-refractivity contribution in [2.45, 2.75) is 12.8 Å². The molecule has 0 aliphatic carbocycles. The molecule has 2 rings (SSSR count). The standard InChI is InChI=1S/C15H11F5O2/c1-21-12-7-6-9(8-11(12)14(16)17)10-4-2-3-5-13(10)22-15(18,19)20/h2-8,14H,1H3. The maximum Gasteiger partial charge on any atom is 0.573 e. The molecule has 0 aromatic heterocycles. The first-order valence-electron chi connectivity index (χ1n) is 6.13. The summed E-state index contributed by atoms with van der Waals surface area (Å²) in [5, 5.41) is 0. The third-order valence-corrected chi connectivity index (χ3v) is 2.89. The minimum atomic E-state index is -4.87. The van der Waals surface area contributed by atoms with Crippen LogP contribution in [-0.2, 0) is 0 Å². The van der Waals surface area contributed by atoms with Crippen LogP contribution in [0.5, 0.6) is 11.5 Å². The molecule has 0 bridgehead atoms. The van der Waals surface area contributed by atoms with Gasteiger partial charge in [0, 0.05) is 5.56 Å². The van der Waals surface area contributed by atoms with Crippen molar-refractivity contribution in [1.29, 1.82) is 0 Å². The number of hydrogen-bond acceptors (Lipinski definition) is 2. The number of alkyl halides is 5. The Bertz CT molecular complexity index is 653. The lowest BCUT2D eigenvalue weighted by atomic mass is 10.0. The van der Waals surface area contributed by atoms with E-state index in [0.717, 1.165) is 12.1 Å². The summed E-state index contributed by atoms with van der Waals surface area (Å²) in [6.45, 7) is 0. The van der Waals surface area contributed by atoms with Crippen LogP contribution in [0.15, 0.2) is 42.5 Å². The molecule has 2 nitrogen and oxygen atoms in total. The normalized spacial score (nSPS) is 11.6. The van der Waals surface area contributed by atoms with Crippen LogP contribution in [0, 0.1) is 0 Å². The van der Waals surface area contributed by atoms with Gasteiger partial charge in [0.15, 0.2) is 0 Å². The average molecular weight is 318 g/mol. The third kappa shape index (κ3) is 3.66. The summed E-state index contributed by atoms with van der Waals surface area (Å²) in [5.41, 5.74) is -0.165. The second kappa shape index (κ2) is 6.21. The lowest BCUT2D eigenvalue weighted by molar-refractivity contribution is -0.274. The van der Waals surface area contributed by atoms with Crippen molar-refractivity contribution >= 4 is 0 Å². The Morgan fingerprint density at radius 2 is 1.64 bits per heavy atom. The zero-order valence-electron chi connectivity index (χ0n) is 11.3. The van der Waals surface area contributed by atoms with Crippen molar-refractivity contribution in [2.24, 2.45) is 0 Å². The van der Waals surface area contributed by atoms with E-state index in [2.05, 4.69) is 4.74 Å². The molecule has 0 aliphatic rings. The first-order chi connectivity index (χ1) is 10.3. The summed E-state index contributed by atoms with van der Waals surface area (Å²) in [6, 6.07) is 9.09. The van der Waals surface area contributed by atoms with E-state index in [1.165, 1.54) is 37.4 Å². The minimum absolute atomic E-state index is 0.0343. The highest BCUT2D eigenvalue weighted by atomic mass is 19.4. The zero-order valence-corrected chi connectivity index (χ0v) is 11.3. The van der Waals surface area contributed by atoms with Crippen molar-refractivity contribution in [1.82, 2.24) is 0 Å². The fraction of sp³-hybridized carbons (Fsp3) is 0.200. The summed E-state index contributed by atoms with van der Waals surface area (Å²) >= 11 is 0. The largest absolute Gasteiger partial charge is 0.573 e. The maximum atomic E-state index is 13.0. The quantitative estimate of drug-likeness (QED) is 0.722. The number of benzene rings is 2. The minimum Gasteiger partial charge on any atom is -0.496 e. The first kappa shape index (κ1) is 16.1. The van der Waals surface area contributed by atoms with Crippen molar-refractivity contribution in [3.63, 3.8) is 0 Å². The molecule has 0 atom stereocenters. The molecule has 0 spiro atoms. The lowest BCUT2D eigenvalue weighted by Crippen LogP contribution is -2.17. The van der Waals surface area contributed by atoms with Crippen molar-refractivity contribution in [3.8, 4) is 22.6 Å². The van der Waals surface area contributed by atoms with E-state index in [9.17, 15) is 22.0 Å². The molecule has 7 heteroatoms. The molecule has 22 heavy (non-hydrogen) atoms. The summed E-state index contributed by atoms with van der Waals surface area (Å²) in [7, 11) is 1.24. The predicted octanol–water partition coefficient (Wildman–Crippen LogP) is 5.20. The van der Waals surface area contributed by atoms with Crippen LogP contribution in [0.4, 0.5) is 22.0 Å². The van der Waals surface area contributed by atoms with E-state index in [-0.39, 0.29) is 16.9 Å². The van der Waals surface area contributed by atoms with Gasteiger partial charge in [0.05, 0.1) is 12.7 Å². The average Bonchev–Trinajstić information content (AvgIpc) is 2.45. The zero-order chi connectivity index (χ0) is 16.3. The van der Waals surface area contributed by atoms with Crippen LogP contribution in [0.2, 0.25) is 0 Å². The van der Waals surface area contributed by atoms with Gasteiger partial charge in [-0.2, -0.15) is 0 Å². The highest BCUT2D eigenvalue weighted by molar-refractivity contribution is 5.72. The van der Waals surface area contributed by atoms with Crippen LogP contribution < -0.4 is 9.47 Å². The van der Waals surface area contributed by atoms with Crippen molar-refractivity contribution in [3.05, 3.63) is 48.0 Å². The van der Waals surface area contributed by atoms with Gasteiger partial charge in [0.25, 0.3) is 6.43 Å². The number of ether oxygens (including phenoxy) is 2. The molecule has 2 aromatic rings. The number of hydrogen-bond donors (Lipinski definition) is 0. The highest BCUT2D eigenvalue weighted by Crippen LogP contribution is 2.38. The predicted molar refractivity (Wildman–Crippen MR) is 70.1 cm³/mol. The number of halogens is 5. The van der Waals surface area contributed by atoms with Gasteiger partial charge in [0.1, 0.15) is 11.5 Å². The Hall–Kier alpha value is -2.31. The Kier molecular flexibility index (Phi) is 4.54. The Balaban J connectivity index is 2.51. The molecular weight excluding hydrogens is 307 g/mol. The third-order valence-electron chi connectivity index (χ3n) is 2.89. The van der Waals surface area contributed by atoms with E-state index < -0.39 is 24.1 Å². The van der Waals surface area contributed by atoms with Gasteiger partial charge in [-0.25, -0.2) is 8.78 Å². The fourth-order valence-electron chi connectivity index (χ4n) is 1.99. The Morgan fingerprint density at radius 1 is 0.955 bits per heavy atom. The molecule has 0 saturated heterocycles. The molecule has 0 saturated carbocycles. The topological polar surface area (TPSA) is 18.5 Å². The smallest absolute Gasteiger partial charge is 0.496 e. The molecule has 0 amide bonds. The van der Waals surface area contributed by atoms with Crippen LogP contribution >= 0.6 is 0 Å². The SMILES string of the molecule is COc1ccc(-c2ccccc2OC(F)(F)F)cc1C(F)F. The van der Waals surface area contributed by atoms with Gasteiger partial charge in [-0.15, -0.1) is 13.2 Å². The number of methoxy groups -OCH3 is 1. The van der Waals surface area contributed by atoms with Crippen LogP contribution in [0.25, 0.3) is 11.1 Å². The van der Waals surface area contributed by atoms with E-state index in [1.807, 2.05) is 0 Å². The molecule has 0 aliphatic heterocycles. The van der Waals surface area contributed by atoms with Crippen LogP contribution in [0.1, 0.15) is 12.0 Å². The Labute approximate surface area is 123 Å². The number of para-hydroxylation sites is 1. The highest BCUT2D eigenvalue weighted by Gasteiger charge is 2.32. The monoisotopic (exact) mass is 318 g/mol. The molecule has 0 fully saturated rings. The molecule has 0 heterocycles. The summed E-state index contributed by atoms with van der Waals surface area (Å²) in [5.74, 6) is -0.492. The summed E-state index contributed by atoms with van der Waals surface area (Å²) < 4.78 is 71.9. The van der Waals surface area contributed by atoms with Gasteiger partial charge in [0.2, 0.25) is 0 Å². The molecule has 118 valence electrons. The van der Waals surface area contributed by atoms with Crippen molar-refractivity contribution < 1.29 is 31.4 Å². The van der Waals surface area contributed by atoms with Gasteiger partial charge >= 0.3 is 6.36 Å². The fourth-order valence-corrected chi connectivity index (χ4v) is 1.99. The van der Waals surface area contributed by atoms with Crippen LogP contribution in [0.3, 0.4) is 0 Å². The van der Waals surface area contributed by atoms with Gasteiger partial charge in [-0.3, -0.25) is 0 Å².